The normalized spacial score (nSPS) is 11.5. The van der Waals surface area contributed by atoms with E-state index in [0.29, 0.717) is 0 Å². The van der Waals surface area contributed by atoms with Crippen LogP contribution in [0.4, 0.5) is 17.1 Å². The summed E-state index contributed by atoms with van der Waals surface area (Å²) < 4.78 is 5.03. The van der Waals surface area contributed by atoms with Gasteiger partial charge in [-0.3, -0.25) is 0 Å². The number of benzene rings is 9. The molecule has 0 aliphatic heterocycles. The third-order valence-corrected chi connectivity index (χ3v) is 12.3. The highest BCUT2D eigenvalue weighted by Crippen LogP contribution is 2.46. The summed E-state index contributed by atoms with van der Waals surface area (Å²) in [5.74, 6) is 0. The lowest BCUT2D eigenvalue weighted by atomic mass is 9.93. The van der Waals surface area contributed by atoms with Crippen LogP contribution in [0.3, 0.4) is 0 Å². The van der Waals surface area contributed by atoms with Gasteiger partial charge in [-0.15, -0.1) is 11.3 Å². The SMILES string of the molecule is c1ccc(-c2cccc(-c3cc(-c4ccccc4-n4c5ccccc5c5ccccc54)ccc3N(c3ccccc3)c3ccc4sc5ccccc5c4c3)c2)cc1. The van der Waals surface area contributed by atoms with E-state index >= 15 is 0 Å². The van der Waals surface area contributed by atoms with E-state index in [4.69, 9.17) is 0 Å². The molecule has 11 rings (SSSR count). The van der Waals surface area contributed by atoms with Crippen LogP contribution in [0.25, 0.3) is 81.0 Å². The molecule has 0 amide bonds. The first-order valence-electron chi connectivity index (χ1n) is 19.4. The Balaban J connectivity index is 1.16. The molecule has 0 aliphatic carbocycles. The number of thiophene rings is 1. The maximum absolute atomic E-state index is 2.43. The van der Waals surface area contributed by atoms with Crippen molar-refractivity contribution in [3.8, 4) is 39.1 Å². The molecule has 2 heterocycles. The molecule has 0 N–H and O–H groups in total. The zero-order chi connectivity index (χ0) is 37.7. The molecule has 0 unspecified atom stereocenters. The highest BCUT2D eigenvalue weighted by Gasteiger charge is 2.21. The van der Waals surface area contributed by atoms with E-state index < -0.39 is 0 Å². The van der Waals surface area contributed by atoms with Crippen molar-refractivity contribution in [1.29, 1.82) is 0 Å². The first-order valence-corrected chi connectivity index (χ1v) is 20.2. The van der Waals surface area contributed by atoms with Crippen LogP contribution >= 0.6 is 11.3 Å². The van der Waals surface area contributed by atoms with Crippen molar-refractivity contribution in [1.82, 2.24) is 4.57 Å². The Kier molecular flexibility index (Phi) is 8.04. The van der Waals surface area contributed by atoms with E-state index in [0.717, 1.165) is 39.4 Å². The fourth-order valence-corrected chi connectivity index (χ4v) is 9.67. The van der Waals surface area contributed by atoms with Crippen LogP contribution in [0.5, 0.6) is 0 Å². The number of hydrogen-bond donors (Lipinski definition) is 0. The average molecular weight is 745 g/mol. The summed E-state index contributed by atoms with van der Waals surface area (Å²) in [4.78, 5) is 2.43. The van der Waals surface area contributed by atoms with Gasteiger partial charge in [-0.1, -0.05) is 146 Å². The minimum Gasteiger partial charge on any atom is -0.310 e. The Labute approximate surface area is 335 Å². The molecule has 11 aromatic rings. The Bertz CT molecular complexity index is 3190. The summed E-state index contributed by atoms with van der Waals surface area (Å²) in [6, 6.07) is 79.5. The Morgan fingerprint density at radius 1 is 0.333 bits per heavy atom. The average Bonchev–Trinajstić information content (AvgIpc) is 3.83. The van der Waals surface area contributed by atoms with Gasteiger partial charge in [0.15, 0.2) is 0 Å². The van der Waals surface area contributed by atoms with Crippen molar-refractivity contribution in [3.05, 3.63) is 218 Å². The van der Waals surface area contributed by atoms with Crippen molar-refractivity contribution in [3.63, 3.8) is 0 Å². The summed E-state index contributed by atoms with van der Waals surface area (Å²) in [5.41, 5.74) is 13.9. The van der Waals surface area contributed by atoms with Crippen LogP contribution in [0.1, 0.15) is 0 Å². The largest absolute Gasteiger partial charge is 0.310 e. The predicted molar refractivity (Wildman–Crippen MR) is 245 cm³/mol. The third-order valence-electron chi connectivity index (χ3n) is 11.2. The van der Waals surface area contributed by atoms with Gasteiger partial charge in [0.05, 0.1) is 22.4 Å². The lowest BCUT2D eigenvalue weighted by Crippen LogP contribution is -2.11. The van der Waals surface area contributed by atoms with Crippen LogP contribution in [-0.2, 0) is 0 Å². The smallest absolute Gasteiger partial charge is 0.0541 e. The molecule has 0 bridgehead atoms. The highest BCUT2D eigenvalue weighted by molar-refractivity contribution is 7.25. The van der Waals surface area contributed by atoms with Crippen molar-refractivity contribution in [2.24, 2.45) is 0 Å². The second-order valence-corrected chi connectivity index (χ2v) is 15.6. The molecule has 0 fully saturated rings. The van der Waals surface area contributed by atoms with Gasteiger partial charge in [-0.2, -0.15) is 0 Å². The zero-order valence-electron chi connectivity index (χ0n) is 31.1. The van der Waals surface area contributed by atoms with Crippen LogP contribution in [0.2, 0.25) is 0 Å². The quantitative estimate of drug-likeness (QED) is 0.158. The maximum atomic E-state index is 2.43. The lowest BCUT2D eigenvalue weighted by Gasteiger charge is -2.29. The van der Waals surface area contributed by atoms with Crippen molar-refractivity contribution < 1.29 is 0 Å². The van der Waals surface area contributed by atoms with Gasteiger partial charge in [-0.25, -0.2) is 0 Å². The third kappa shape index (κ3) is 5.71. The molecular formula is C54H36N2S. The van der Waals surface area contributed by atoms with Crippen molar-refractivity contribution >= 4 is 70.4 Å². The molecule has 2 nitrogen and oxygen atoms in total. The van der Waals surface area contributed by atoms with Crippen molar-refractivity contribution in [2.75, 3.05) is 4.90 Å². The van der Waals surface area contributed by atoms with E-state index in [9.17, 15) is 0 Å². The number of rotatable bonds is 7. The molecular weight excluding hydrogens is 709 g/mol. The van der Waals surface area contributed by atoms with Gasteiger partial charge in [0.1, 0.15) is 0 Å². The first kappa shape index (κ1) is 33.2. The zero-order valence-corrected chi connectivity index (χ0v) is 31.9. The molecule has 0 atom stereocenters. The monoisotopic (exact) mass is 744 g/mol. The summed E-state index contributed by atoms with van der Waals surface area (Å²) >= 11 is 1.85. The molecule has 0 radical (unpaired) electrons. The number of nitrogens with zero attached hydrogens (tertiary/aromatic N) is 2. The molecule has 268 valence electrons. The summed E-state index contributed by atoms with van der Waals surface area (Å²) in [7, 11) is 0. The Hall–Kier alpha value is -7.20. The van der Waals surface area contributed by atoms with Gasteiger partial charge in [0, 0.05) is 53.4 Å². The minimum atomic E-state index is 1.11. The molecule has 0 saturated heterocycles. The van der Waals surface area contributed by atoms with Crippen LogP contribution in [0.15, 0.2) is 218 Å². The number of para-hydroxylation sites is 4. The fraction of sp³-hybridized carbons (Fsp3) is 0. The van der Waals surface area contributed by atoms with E-state index in [-0.39, 0.29) is 0 Å². The van der Waals surface area contributed by atoms with E-state index in [1.165, 1.54) is 58.7 Å². The highest BCUT2D eigenvalue weighted by atomic mass is 32.1. The summed E-state index contributed by atoms with van der Waals surface area (Å²) in [6.07, 6.45) is 0. The molecule has 0 saturated carbocycles. The standard InChI is InChI=1S/C54H36N2S/c1-3-16-37(17-4-1)38-18-15-19-39(34-38)47-35-40(43-22-7-11-26-49(43)56-50-27-12-8-23-44(50)45-24-9-13-28-51(45)56)30-32-52(47)55(41-20-5-2-6-21-41)42-31-33-54-48(36-42)46-25-10-14-29-53(46)57-54/h1-36H. The predicted octanol–water partition coefficient (Wildman–Crippen LogP) is 15.6. The number of anilines is 3. The Morgan fingerprint density at radius 3 is 1.72 bits per heavy atom. The Morgan fingerprint density at radius 2 is 0.930 bits per heavy atom. The molecule has 0 aliphatic rings. The summed E-state index contributed by atoms with van der Waals surface area (Å²) in [6.45, 7) is 0. The van der Waals surface area contributed by atoms with Crippen LogP contribution in [-0.4, -0.2) is 4.57 Å². The van der Waals surface area contributed by atoms with Gasteiger partial charge >= 0.3 is 0 Å². The fourth-order valence-electron chi connectivity index (χ4n) is 8.58. The van der Waals surface area contributed by atoms with E-state index in [2.05, 4.69) is 228 Å². The topological polar surface area (TPSA) is 8.17 Å². The molecule has 9 aromatic carbocycles. The molecule has 2 aromatic heterocycles. The van der Waals surface area contributed by atoms with Gasteiger partial charge < -0.3 is 9.47 Å². The number of fused-ring (bicyclic) bond motifs is 6. The van der Waals surface area contributed by atoms with Gasteiger partial charge in [-0.05, 0) is 95.1 Å². The van der Waals surface area contributed by atoms with Crippen molar-refractivity contribution in [2.45, 2.75) is 0 Å². The minimum absolute atomic E-state index is 1.11. The van der Waals surface area contributed by atoms with Crippen LogP contribution < -0.4 is 4.90 Å². The molecule has 0 spiro atoms. The number of hydrogen-bond acceptors (Lipinski definition) is 2. The number of aromatic nitrogens is 1. The second kappa shape index (κ2) is 13.8. The molecule has 57 heavy (non-hydrogen) atoms. The van der Waals surface area contributed by atoms with Gasteiger partial charge in [0.25, 0.3) is 0 Å². The second-order valence-electron chi connectivity index (χ2n) is 14.5. The first-order chi connectivity index (χ1) is 28.3. The molecule has 3 heteroatoms. The van der Waals surface area contributed by atoms with Crippen LogP contribution in [0, 0.1) is 0 Å². The maximum Gasteiger partial charge on any atom is 0.0541 e. The summed E-state index contributed by atoms with van der Waals surface area (Å²) in [5, 5.41) is 5.08. The lowest BCUT2D eigenvalue weighted by molar-refractivity contribution is 1.18. The van der Waals surface area contributed by atoms with E-state index in [1.807, 2.05) is 11.3 Å². The van der Waals surface area contributed by atoms with E-state index in [1.54, 1.807) is 0 Å². The van der Waals surface area contributed by atoms with Gasteiger partial charge in [0.2, 0.25) is 0 Å².